The van der Waals surface area contributed by atoms with Gasteiger partial charge >= 0.3 is 0 Å². The molecule has 0 aliphatic carbocycles. The smallest absolute Gasteiger partial charge is 0.279 e. The van der Waals surface area contributed by atoms with Crippen LogP contribution < -0.4 is 10.1 Å². The summed E-state index contributed by atoms with van der Waals surface area (Å²) in [6.07, 6.45) is 1.66. The van der Waals surface area contributed by atoms with Crippen LogP contribution in [0.15, 0.2) is 63.7 Å². The van der Waals surface area contributed by atoms with Gasteiger partial charge in [-0.25, -0.2) is 0 Å². The molecule has 4 rings (SSSR count). The second-order valence-corrected chi connectivity index (χ2v) is 8.55. The lowest BCUT2D eigenvalue weighted by Crippen LogP contribution is -2.16. The van der Waals surface area contributed by atoms with Gasteiger partial charge in [0.2, 0.25) is 0 Å². The molecule has 0 saturated carbocycles. The van der Waals surface area contributed by atoms with Crippen LogP contribution in [0.5, 0.6) is 5.75 Å². The Balaban J connectivity index is 1.47. The first-order chi connectivity index (χ1) is 15.4. The van der Waals surface area contributed by atoms with Crippen molar-refractivity contribution in [1.82, 2.24) is 14.9 Å². The number of nitrogens with zero attached hydrogens (tertiary/aromatic N) is 3. The summed E-state index contributed by atoms with van der Waals surface area (Å²) < 4.78 is 13.8. The summed E-state index contributed by atoms with van der Waals surface area (Å²) >= 11 is 9.72. The van der Waals surface area contributed by atoms with Crippen molar-refractivity contribution in [1.29, 1.82) is 0 Å². The van der Waals surface area contributed by atoms with E-state index in [1.807, 2.05) is 55.5 Å². The van der Waals surface area contributed by atoms with E-state index in [9.17, 15) is 4.79 Å². The number of rotatable bonds is 7. The maximum absolute atomic E-state index is 12.9. The average molecular weight is 516 g/mol. The van der Waals surface area contributed by atoms with E-state index in [0.717, 1.165) is 21.3 Å². The summed E-state index contributed by atoms with van der Waals surface area (Å²) in [5.74, 6) is 1.02. The van der Waals surface area contributed by atoms with Crippen molar-refractivity contribution in [2.24, 2.45) is 0 Å². The fraction of sp³-hybridized carbons (Fsp3) is 0.174. The van der Waals surface area contributed by atoms with Crippen LogP contribution in [0.2, 0.25) is 5.02 Å². The predicted octanol–water partition coefficient (Wildman–Crippen LogP) is 5.78. The number of anilines is 1. The van der Waals surface area contributed by atoms with Crippen LogP contribution in [-0.4, -0.2) is 20.8 Å². The van der Waals surface area contributed by atoms with Crippen LogP contribution in [0.1, 0.15) is 32.9 Å². The van der Waals surface area contributed by atoms with Gasteiger partial charge in [0.15, 0.2) is 11.5 Å². The van der Waals surface area contributed by atoms with Crippen molar-refractivity contribution in [3.05, 3.63) is 92.4 Å². The molecule has 4 aromatic rings. The zero-order chi connectivity index (χ0) is 22.7. The summed E-state index contributed by atoms with van der Waals surface area (Å²) in [6, 6.07) is 15.5. The van der Waals surface area contributed by atoms with Gasteiger partial charge in [-0.1, -0.05) is 63.0 Å². The molecule has 1 amide bonds. The molecule has 0 atom stereocenters. The number of para-hydroxylation sites is 1. The van der Waals surface area contributed by atoms with Crippen molar-refractivity contribution < 1.29 is 14.1 Å². The third kappa shape index (κ3) is 5.03. The number of hydrogen-bond acceptors (Lipinski definition) is 5. The SMILES string of the molecule is Cc1ccccc1OCc1c(C(=O)Nc2nn(Cc3ccc(Br)cc3)cc2Cl)noc1C. The first kappa shape index (κ1) is 22.1. The molecule has 2 heterocycles. The Morgan fingerprint density at radius 1 is 1.19 bits per heavy atom. The van der Waals surface area contributed by atoms with Crippen LogP contribution in [0.25, 0.3) is 0 Å². The minimum Gasteiger partial charge on any atom is -0.488 e. The van der Waals surface area contributed by atoms with Gasteiger partial charge in [-0.2, -0.15) is 5.10 Å². The Morgan fingerprint density at radius 2 is 1.94 bits per heavy atom. The van der Waals surface area contributed by atoms with Crippen molar-refractivity contribution in [2.45, 2.75) is 27.0 Å². The van der Waals surface area contributed by atoms with Crippen molar-refractivity contribution in [2.75, 3.05) is 5.32 Å². The lowest BCUT2D eigenvalue weighted by atomic mass is 10.2. The fourth-order valence-electron chi connectivity index (χ4n) is 3.11. The lowest BCUT2D eigenvalue weighted by molar-refractivity contribution is 0.101. The van der Waals surface area contributed by atoms with Gasteiger partial charge in [0.25, 0.3) is 5.91 Å². The number of halogens is 2. The molecule has 2 aromatic carbocycles. The Hall–Kier alpha value is -3.10. The Kier molecular flexibility index (Phi) is 6.62. The van der Waals surface area contributed by atoms with E-state index in [1.165, 1.54) is 0 Å². The van der Waals surface area contributed by atoms with E-state index >= 15 is 0 Å². The number of amides is 1. The molecule has 7 nitrogen and oxygen atoms in total. The summed E-state index contributed by atoms with van der Waals surface area (Å²) in [5.41, 5.74) is 2.74. The van der Waals surface area contributed by atoms with Gasteiger partial charge in [-0.3, -0.25) is 9.48 Å². The molecule has 0 spiro atoms. The topological polar surface area (TPSA) is 82.2 Å². The average Bonchev–Trinajstić information content (AvgIpc) is 3.31. The van der Waals surface area contributed by atoms with Gasteiger partial charge in [-0.15, -0.1) is 0 Å². The second kappa shape index (κ2) is 9.58. The van der Waals surface area contributed by atoms with E-state index in [2.05, 4.69) is 31.5 Å². The number of aryl methyl sites for hydroxylation is 2. The maximum atomic E-state index is 12.9. The van der Waals surface area contributed by atoms with E-state index in [1.54, 1.807) is 17.8 Å². The molecule has 0 fully saturated rings. The fourth-order valence-corrected chi connectivity index (χ4v) is 3.58. The quantitative estimate of drug-likeness (QED) is 0.337. The molecule has 32 heavy (non-hydrogen) atoms. The summed E-state index contributed by atoms with van der Waals surface area (Å²) in [7, 11) is 0. The Bertz CT molecular complexity index is 1250. The Morgan fingerprint density at radius 3 is 2.69 bits per heavy atom. The minimum atomic E-state index is -0.471. The summed E-state index contributed by atoms with van der Waals surface area (Å²) in [4.78, 5) is 12.9. The number of ether oxygens (including phenoxy) is 1. The number of benzene rings is 2. The third-order valence-corrected chi connectivity index (χ3v) is 5.68. The highest BCUT2D eigenvalue weighted by Crippen LogP contribution is 2.24. The lowest BCUT2D eigenvalue weighted by Gasteiger charge is -2.09. The summed E-state index contributed by atoms with van der Waals surface area (Å²) in [5, 5.41) is 11.3. The molecule has 2 aromatic heterocycles. The molecule has 0 bridgehead atoms. The third-order valence-electron chi connectivity index (χ3n) is 4.87. The molecule has 0 aliphatic heterocycles. The largest absolute Gasteiger partial charge is 0.488 e. The number of carbonyl (C=O) groups excluding carboxylic acids is 1. The Labute approximate surface area is 198 Å². The standard InChI is InChI=1S/C23H20BrClN4O3/c1-14-5-3-4-6-20(14)31-13-18-15(2)32-28-21(18)23(30)26-22-19(25)12-29(27-22)11-16-7-9-17(24)10-8-16/h3-10,12H,11,13H2,1-2H3,(H,26,27,30). The van der Waals surface area contributed by atoms with Crippen LogP contribution in [0.4, 0.5) is 5.82 Å². The molecule has 0 aliphatic rings. The van der Waals surface area contributed by atoms with Crippen molar-refractivity contribution >= 4 is 39.3 Å². The number of aromatic nitrogens is 3. The van der Waals surface area contributed by atoms with Gasteiger partial charge in [0.05, 0.1) is 12.1 Å². The maximum Gasteiger partial charge on any atom is 0.279 e. The van der Waals surface area contributed by atoms with Crippen LogP contribution in [-0.2, 0) is 13.2 Å². The van der Waals surface area contributed by atoms with Gasteiger partial charge in [0, 0.05) is 10.7 Å². The molecular weight excluding hydrogens is 496 g/mol. The van der Waals surface area contributed by atoms with Crippen LogP contribution >= 0.6 is 27.5 Å². The number of nitrogens with one attached hydrogen (secondary N) is 1. The highest BCUT2D eigenvalue weighted by Gasteiger charge is 2.22. The van der Waals surface area contributed by atoms with E-state index in [4.69, 9.17) is 20.9 Å². The summed E-state index contributed by atoms with van der Waals surface area (Å²) in [6.45, 7) is 4.35. The first-order valence-corrected chi connectivity index (χ1v) is 11.0. The van der Waals surface area contributed by atoms with Gasteiger partial charge in [-0.05, 0) is 43.2 Å². The predicted molar refractivity (Wildman–Crippen MR) is 125 cm³/mol. The first-order valence-electron chi connectivity index (χ1n) is 9.83. The highest BCUT2D eigenvalue weighted by atomic mass is 79.9. The van der Waals surface area contributed by atoms with E-state index < -0.39 is 5.91 Å². The molecule has 9 heteroatoms. The van der Waals surface area contributed by atoms with Crippen LogP contribution in [0, 0.1) is 13.8 Å². The minimum absolute atomic E-state index is 0.134. The molecule has 1 N–H and O–H groups in total. The van der Waals surface area contributed by atoms with E-state index in [-0.39, 0.29) is 18.1 Å². The molecular formula is C23H20BrClN4O3. The normalized spacial score (nSPS) is 10.9. The van der Waals surface area contributed by atoms with Crippen molar-refractivity contribution in [3.63, 3.8) is 0 Å². The molecule has 164 valence electrons. The zero-order valence-electron chi connectivity index (χ0n) is 17.4. The highest BCUT2D eigenvalue weighted by molar-refractivity contribution is 9.10. The number of carbonyl (C=O) groups is 1. The monoisotopic (exact) mass is 514 g/mol. The molecule has 0 saturated heterocycles. The molecule has 0 unspecified atom stereocenters. The van der Waals surface area contributed by atoms with Crippen LogP contribution in [0.3, 0.4) is 0 Å². The molecule has 0 radical (unpaired) electrons. The van der Waals surface area contributed by atoms with Gasteiger partial charge in [0.1, 0.15) is 23.1 Å². The zero-order valence-corrected chi connectivity index (χ0v) is 19.8. The van der Waals surface area contributed by atoms with E-state index in [0.29, 0.717) is 22.9 Å². The second-order valence-electron chi connectivity index (χ2n) is 7.22. The number of hydrogen-bond donors (Lipinski definition) is 1. The van der Waals surface area contributed by atoms with Crippen molar-refractivity contribution in [3.8, 4) is 5.75 Å². The van der Waals surface area contributed by atoms with Gasteiger partial charge < -0.3 is 14.6 Å².